The minimum Gasteiger partial charge on any atom is -0.377 e. The van der Waals surface area contributed by atoms with Gasteiger partial charge >= 0.3 is 0 Å². The number of aryl methyl sites for hydroxylation is 3. The van der Waals surface area contributed by atoms with Crippen molar-refractivity contribution in [1.82, 2.24) is 5.32 Å². The molecule has 0 saturated carbocycles. The van der Waals surface area contributed by atoms with Crippen molar-refractivity contribution >= 4 is 5.69 Å². The Kier molecular flexibility index (Phi) is 4.83. The highest BCUT2D eigenvalue weighted by Crippen LogP contribution is 2.29. The average molecular weight is 262 g/mol. The molecule has 1 aromatic carbocycles. The van der Waals surface area contributed by atoms with Gasteiger partial charge in [0.2, 0.25) is 0 Å². The van der Waals surface area contributed by atoms with E-state index in [0.717, 1.165) is 32.7 Å². The van der Waals surface area contributed by atoms with Crippen LogP contribution in [0.15, 0.2) is 12.1 Å². The molecule has 1 fully saturated rings. The second-order valence-electron chi connectivity index (χ2n) is 5.56. The van der Waals surface area contributed by atoms with E-state index in [4.69, 9.17) is 4.74 Å². The Hall–Kier alpha value is -1.06. The molecule has 19 heavy (non-hydrogen) atoms. The Balaban J connectivity index is 2.26. The van der Waals surface area contributed by atoms with Gasteiger partial charge in [0.15, 0.2) is 0 Å². The molecule has 1 aromatic rings. The van der Waals surface area contributed by atoms with E-state index >= 15 is 0 Å². The molecule has 3 nitrogen and oxygen atoms in total. The second kappa shape index (κ2) is 6.40. The quantitative estimate of drug-likeness (QED) is 0.902. The van der Waals surface area contributed by atoms with Gasteiger partial charge in [-0.1, -0.05) is 17.7 Å². The molecule has 1 saturated heterocycles. The zero-order valence-electron chi connectivity index (χ0n) is 12.6. The molecule has 0 radical (unpaired) electrons. The number of morpholine rings is 1. The van der Waals surface area contributed by atoms with Crippen molar-refractivity contribution in [1.29, 1.82) is 0 Å². The largest absolute Gasteiger partial charge is 0.377 e. The van der Waals surface area contributed by atoms with Crippen LogP contribution in [0.1, 0.15) is 23.1 Å². The van der Waals surface area contributed by atoms with Crippen LogP contribution in [0, 0.1) is 20.8 Å². The monoisotopic (exact) mass is 262 g/mol. The molecule has 1 aliphatic rings. The Morgan fingerprint density at radius 3 is 2.58 bits per heavy atom. The highest BCUT2D eigenvalue weighted by molar-refractivity contribution is 5.61. The maximum atomic E-state index is 5.66. The molecule has 0 aliphatic carbocycles. The smallest absolute Gasteiger partial charge is 0.0671 e. The van der Waals surface area contributed by atoms with Crippen LogP contribution in [0.25, 0.3) is 0 Å². The lowest BCUT2D eigenvalue weighted by Crippen LogP contribution is -2.47. The van der Waals surface area contributed by atoms with E-state index in [1.807, 2.05) is 7.05 Å². The molecule has 0 aromatic heterocycles. The molecule has 1 atom stereocenters. The topological polar surface area (TPSA) is 24.5 Å². The summed E-state index contributed by atoms with van der Waals surface area (Å²) < 4.78 is 5.66. The number of anilines is 1. The van der Waals surface area contributed by atoms with Gasteiger partial charge in [0.1, 0.15) is 0 Å². The summed E-state index contributed by atoms with van der Waals surface area (Å²) >= 11 is 0. The lowest BCUT2D eigenvalue weighted by Gasteiger charge is -2.39. The first kappa shape index (κ1) is 14.4. The molecule has 1 aliphatic heterocycles. The fraction of sp³-hybridized carbons (Fsp3) is 0.625. The maximum Gasteiger partial charge on any atom is 0.0671 e. The van der Waals surface area contributed by atoms with E-state index in [1.54, 1.807) is 0 Å². The third-order valence-corrected chi connectivity index (χ3v) is 3.88. The number of nitrogens with one attached hydrogen (secondary N) is 1. The van der Waals surface area contributed by atoms with Crippen LogP contribution < -0.4 is 10.2 Å². The number of rotatable bonds is 4. The highest BCUT2D eigenvalue weighted by Gasteiger charge is 2.25. The number of hydrogen-bond acceptors (Lipinski definition) is 3. The fourth-order valence-corrected chi connectivity index (χ4v) is 3.12. The van der Waals surface area contributed by atoms with Crippen LogP contribution in [0.5, 0.6) is 0 Å². The Morgan fingerprint density at radius 2 is 1.95 bits per heavy atom. The summed E-state index contributed by atoms with van der Waals surface area (Å²) in [5.74, 6) is 0. The zero-order chi connectivity index (χ0) is 13.8. The Labute approximate surface area is 116 Å². The number of hydrogen-bond donors (Lipinski definition) is 1. The van der Waals surface area contributed by atoms with Gasteiger partial charge in [-0.15, -0.1) is 0 Å². The van der Waals surface area contributed by atoms with Crippen molar-refractivity contribution in [2.24, 2.45) is 0 Å². The number of ether oxygens (including phenoxy) is 1. The molecule has 3 heteroatoms. The van der Waals surface area contributed by atoms with Crippen molar-refractivity contribution in [3.8, 4) is 0 Å². The van der Waals surface area contributed by atoms with Crippen molar-refractivity contribution in [2.75, 3.05) is 38.3 Å². The summed E-state index contributed by atoms with van der Waals surface area (Å²) in [4.78, 5) is 2.55. The van der Waals surface area contributed by atoms with Gasteiger partial charge < -0.3 is 15.0 Å². The Bertz CT molecular complexity index is 408. The SMILES string of the molecule is CNCCC1COCCN1c1c(C)cc(C)cc1C. The van der Waals surface area contributed by atoms with Crippen LogP contribution in [-0.4, -0.2) is 39.4 Å². The third kappa shape index (κ3) is 3.28. The molecular formula is C16H26N2O. The number of nitrogens with zero attached hydrogens (tertiary/aromatic N) is 1. The first-order valence-corrected chi connectivity index (χ1v) is 7.20. The minimum atomic E-state index is 0.487. The maximum absolute atomic E-state index is 5.66. The van der Waals surface area contributed by atoms with Gasteiger partial charge in [-0.2, -0.15) is 0 Å². The third-order valence-electron chi connectivity index (χ3n) is 3.88. The summed E-state index contributed by atoms with van der Waals surface area (Å²) in [6.45, 7) is 10.3. The summed E-state index contributed by atoms with van der Waals surface area (Å²) in [6.07, 6.45) is 1.13. The summed E-state index contributed by atoms with van der Waals surface area (Å²) in [7, 11) is 2.01. The fourth-order valence-electron chi connectivity index (χ4n) is 3.12. The zero-order valence-corrected chi connectivity index (χ0v) is 12.6. The van der Waals surface area contributed by atoms with Crippen LogP contribution in [-0.2, 0) is 4.74 Å². The van der Waals surface area contributed by atoms with E-state index in [-0.39, 0.29) is 0 Å². The van der Waals surface area contributed by atoms with Gasteiger partial charge in [0.25, 0.3) is 0 Å². The van der Waals surface area contributed by atoms with Crippen LogP contribution in [0.4, 0.5) is 5.69 Å². The first-order valence-electron chi connectivity index (χ1n) is 7.20. The van der Waals surface area contributed by atoms with Gasteiger partial charge in [-0.25, -0.2) is 0 Å². The van der Waals surface area contributed by atoms with Crippen molar-refractivity contribution in [2.45, 2.75) is 33.2 Å². The van der Waals surface area contributed by atoms with E-state index in [1.165, 1.54) is 22.4 Å². The van der Waals surface area contributed by atoms with Crippen LogP contribution >= 0.6 is 0 Å². The molecule has 1 heterocycles. The summed E-state index contributed by atoms with van der Waals surface area (Å²) in [5, 5.41) is 3.24. The molecule has 1 unspecified atom stereocenters. The average Bonchev–Trinajstić information content (AvgIpc) is 2.36. The normalized spacial score (nSPS) is 19.8. The van der Waals surface area contributed by atoms with Crippen LogP contribution in [0.3, 0.4) is 0 Å². The summed E-state index contributed by atoms with van der Waals surface area (Å²) in [5.41, 5.74) is 5.52. The lowest BCUT2D eigenvalue weighted by molar-refractivity contribution is 0.0916. The number of benzene rings is 1. The standard InChI is InChI=1S/C16H26N2O/c1-12-9-13(2)16(14(3)10-12)18-7-8-19-11-15(18)5-6-17-4/h9-10,15,17H,5-8,11H2,1-4H3. The van der Waals surface area contributed by atoms with Crippen molar-refractivity contribution in [3.63, 3.8) is 0 Å². The van der Waals surface area contributed by atoms with Gasteiger partial charge in [-0.05, 0) is 51.9 Å². The second-order valence-corrected chi connectivity index (χ2v) is 5.56. The predicted molar refractivity (Wildman–Crippen MR) is 81.1 cm³/mol. The van der Waals surface area contributed by atoms with Crippen LogP contribution in [0.2, 0.25) is 0 Å². The summed E-state index contributed by atoms with van der Waals surface area (Å²) in [6, 6.07) is 5.06. The van der Waals surface area contributed by atoms with Crippen molar-refractivity contribution < 1.29 is 4.74 Å². The highest BCUT2D eigenvalue weighted by atomic mass is 16.5. The molecule has 0 bridgehead atoms. The van der Waals surface area contributed by atoms with Crippen molar-refractivity contribution in [3.05, 3.63) is 28.8 Å². The molecule has 2 rings (SSSR count). The van der Waals surface area contributed by atoms with E-state index in [2.05, 4.69) is 43.1 Å². The first-order chi connectivity index (χ1) is 9.13. The van der Waals surface area contributed by atoms with E-state index < -0.39 is 0 Å². The minimum absolute atomic E-state index is 0.487. The molecule has 106 valence electrons. The molecule has 0 amide bonds. The Morgan fingerprint density at radius 1 is 1.26 bits per heavy atom. The van der Waals surface area contributed by atoms with E-state index in [0.29, 0.717) is 6.04 Å². The van der Waals surface area contributed by atoms with Gasteiger partial charge in [-0.3, -0.25) is 0 Å². The van der Waals surface area contributed by atoms with E-state index in [9.17, 15) is 0 Å². The molecular weight excluding hydrogens is 236 g/mol. The van der Waals surface area contributed by atoms with Gasteiger partial charge in [0, 0.05) is 12.2 Å². The molecule has 1 N–H and O–H groups in total. The molecule has 0 spiro atoms. The predicted octanol–water partition coefficient (Wildman–Crippen LogP) is 2.43. The lowest BCUT2D eigenvalue weighted by atomic mass is 10.0. The van der Waals surface area contributed by atoms with Gasteiger partial charge in [0.05, 0.1) is 19.3 Å².